The fourth-order valence-corrected chi connectivity index (χ4v) is 3.86. The third-order valence-corrected chi connectivity index (χ3v) is 5.21. The molecule has 0 atom stereocenters. The molecule has 3 N–H and O–H groups in total. The Labute approximate surface area is 169 Å². The van der Waals surface area contributed by atoms with Crippen molar-refractivity contribution in [1.29, 1.82) is 0 Å². The van der Waals surface area contributed by atoms with E-state index in [1.807, 2.05) is 90.4 Å². The molecule has 0 aliphatic heterocycles. The molecule has 0 bridgehead atoms. The molecular formula is C24H23N3O2. The zero-order chi connectivity index (χ0) is 20.4. The molecule has 0 saturated carbocycles. The van der Waals surface area contributed by atoms with Crippen LogP contribution in [0.3, 0.4) is 0 Å². The third-order valence-electron chi connectivity index (χ3n) is 5.21. The Hall–Kier alpha value is -3.44. The van der Waals surface area contributed by atoms with Gasteiger partial charge in [-0.25, -0.2) is 4.98 Å². The number of rotatable bonds is 6. The van der Waals surface area contributed by atoms with Crippen LogP contribution >= 0.6 is 0 Å². The van der Waals surface area contributed by atoms with Crippen LogP contribution in [0.15, 0.2) is 78.9 Å². The molecule has 0 saturated heterocycles. The topological polar surface area (TPSA) is 81.1 Å². The molecule has 5 heteroatoms. The summed E-state index contributed by atoms with van der Waals surface area (Å²) in [6.07, 6.45) is 0.168. The smallest absolute Gasteiger partial charge is 0.221 e. The first-order valence-electron chi connectivity index (χ1n) is 9.65. The minimum atomic E-state index is -1.42. The fourth-order valence-electron chi connectivity index (χ4n) is 3.86. The van der Waals surface area contributed by atoms with Crippen LogP contribution in [0, 0.1) is 0 Å². The predicted molar refractivity (Wildman–Crippen MR) is 113 cm³/mol. The standard InChI is InChI=1S/C24H23N3O2/c1-2-27-21-15-17(16-22(25)28)13-14-20(21)26-23(27)24(29,18-9-5-3-6-10-18)19-11-7-4-8-12-19/h3-15,29H,2,16H2,1H3,(H2,25,28). The second-order valence-corrected chi connectivity index (χ2v) is 7.09. The van der Waals surface area contributed by atoms with Gasteiger partial charge in [0.1, 0.15) is 0 Å². The summed E-state index contributed by atoms with van der Waals surface area (Å²) >= 11 is 0. The summed E-state index contributed by atoms with van der Waals surface area (Å²) in [6, 6.07) is 24.8. The largest absolute Gasteiger partial charge is 0.373 e. The Balaban J connectivity index is 1.99. The van der Waals surface area contributed by atoms with Crippen LogP contribution in [0.1, 0.15) is 29.4 Å². The molecule has 4 aromatic rings. The quantitative estimate of drug-likeness (QED) is 0.534. The monoisotopic (exact) mass is 385 g/mol. The molecule has 1 aromatic heterocycles. The first kappa shape index (κ1) is 18.9. The predicted octanol–water partition coefficient (Wildman–Crippen LogP) is 3.37. The molecule has 0 aliphatic rings. The number of nitrogens with two attached hydrogens (primary N) is 1. The summed E-state index contributed by atoms with van der Waals surface area (Å²) in [5, 5.41) is 12.1. The Kier molecular flexibility index (Phi) is 4.91. The van der Waals surface area contributed by atoms with Crippen molar-refractivity contribution in [2.75, 3.05) is 0 Å². The highest BCUT2D eigenvalue weighted by atomic mass is 16.3. The molecule has 0 radical (unpaired) electrons. The number of nitrogens with zero attached hydrogens (tertiary/aromatic N) is 2. The number of hydrogen-bond donors (Lipinski definition) is 2. The van der Waals surface area contributed by atoms with E-state index in [0.717, 1.165) is 27.7 Å². The summed E-state index contributed by atoms with van der Waals surface area (Å²) in [6.45, 7) is 2.63. The molecule has 1 amide bonds. The zero-order valence-electron chi connectivity index (χ0n) is 16.2. The molecule has 4 rings (SSSR count). The number of primary amides is 1. The summed E-state index contributed by atoms with van der Waals surface area (Å²) < 4.78 is 2.00. The van der Waals surface area contributed by atoms with Crippen molar-refractivity contribution in [3.63, 3.8) is 0 Å². The lowest BCUT2D eigenvalue weighted by atomic mass is 9.85. The highest BCUT2D eigenvalue weighted by molar-refractivity contribution is 5.81. The maximum absolute atomic E-state index is 12.1. The number of carbonyl (C=O) groups excluding carboxylic acids is 1. The molecule has 0 aliphatic carbocycles. The Morgan fingerprint density at radius 2 is 1.59 bits per heavy atom. The second kappa shape index (κ2) is 7.53. The Morgan fingerprint density at radius 3 is 2.10 bits per heavy atom. The van der Waals surface area contributed by atoms with Crippen LogP contribution in [0.5, 0.6) is 0 Å². The number of carbonyl (C=O) groups is 1. The molecule has 0 fully saturated rings. The lowest BCUT2D eigenvalue weighted by Gasteiger charge is -2.29. The van der Waals surface area contributed by atoms with Crippen molar-refractivity contribution in [1.82, 2.24) is 9.55 Å². The maximum Gasteiger partial charge on any atom is 0.221 e. The van der Waals surface area contributed by atoms with Gasteiger partial charge in [0.05, 0.1) is 17.5 Å². The SMILES string of the molecule is CCn1c(C(O)(c2ccccc2)c2ccccc2)nc2ccc(CC(N)=O)cc21. The van der Waals surface area contributed by atoms with Crippen LogP contribution in [-0.4, -0.2) is 20.6 Å². The molecule has 0 spiro atoms. The van der Waals surface area contributed by atoms with Gasteiger partial charge in [0.15, 0.2) is 11.4 Å². The van der Waals surface area contributed by atoms with Gasteiger partial charge in [0.2, 0.25) is 5.91 Å². The van der Waals surface area contributed by atoms with Crippen LogP contribution in [0.25, 0.3) is 11.0 Å². The highest BCUT2D eigenvalue weighted by Crippen LogP contribution is 2.37. The summed E-state index contributed by atoms with van der Waals surface area (Å²) in [4.78, 5) is 16.2. The minimum Gasteiger partial charge on any atom is -0.373 e. The van der Waals surface area contributed by atoms with Gasteiger partial charge < -0.3 is 15.4 Å². The van der Waals surface area contributed by atoms with Gasteiger partial charge in [-0.05, 0) is 35.7 Å². The molecular weight excluding hydrogens is 362 g/mol. The van der Waals surface area contributed by atoms with Gasteiger partial charge >= 0.3 is 0 Å². The molecule has 3 aromatic carbocycles. The third kappa shape index (κ3) is 3.30. The van der Waals surface area contributed by atoms with E-state index in [9.17, 15) is 9.90 Å². The normalized spacial score (nSPS) is 11.7. The van der Waals surface area contributed by atoms with Crippen LogP contribution < -0.4 is 5.73 Å². The van der Waals surface area contributed by atoms with Gasteiger partial charge in [0.25, 0.3) is 0 Å². The number of aromatic nitrogens is 2. The lowest BCUT2D eigenvalue weighted by Crippen LogP contribution is -2.32. The van der Waals surface area contributed by atoms with E-state index in [1.165, 1.54) is 0 Å². The molecule has 29 heavy (non-hydrogen) atoms. The summed E-state index contributed by atoms with van der Waals surface area (Å²) in [5.74, 6) is 0.167. The van der Waals surface area contributed by atoms with Gasteiger partial charge in [0, 0.05) is 6.54 Å². The lowest BCUT2D eigenvalue weighted by molar-refractivity contribution is -0.117. The number of hydrogen-bond acceptors (Lipinski definition) is 3. The maximum atomic E-state index is 12.1. The second-order valence-electron chi connectivity index (χ2n) is 7.09. The van der Waals surface area contributed by atoms with Gasteiger partial charge in [-0.2, -0.15) is 0 Å². The molecule has 0 unspecified atom stereocenters. The number of aliphatic hydroxyl groups is 1. The van der Waals surface area contributed by atoms with Crippen molar-refractivity contribution >= 4 is 16.9 Å². The summed E-state index contributed by atoms with van der Waals surface area (Å²) in [5.41, 5.74) is 7.90. The molecule has 146 valence electrons. The fraction of sp³-hybridized carbons (Fsp3) is 0.167. The van der Waals surface area contributed by atoms with Crippen molar-refractivity contribution in [2.45, 2.75) is 25.5 Å². The van der Waals surface area contributed by atoms with Crippen molar-refractivity contribution < 1.29 is 9.90 Å². The zero-order valence-corrected chi connectivity index (χ0v) is 16.2. The van der Waals surface area contributed by atoms with E-state index >= 15 is 0 Å². The minimum absolute atomic E-state index is 0.168. The first-order valence-corrected chi connectivity index (χ1v) is 9.65. The Morgan fingerprint density at radius 1 is 1.00 bits per heavy atom. The van der Waals surface area contributed by atoms with E-state index in [0.29, 0.717) is 12.4 Å². The van der Waals surface area contributed by atoms with Gasteiger partial charge in [-0.3, -0.25) is 4.79 Å². The van der Waals surface area contributed by atoms with Gasteiger partial charge in [-0.1, -0.05) is 66.7 Å². The molecule has 1 heterocycles. The average Bonchev–Trinajstić information content (AvgIpc) is 3.12. The van der Waals surface area contributed by atoms with Crippen LogP contribution in [0.2, 0.25) is 0 Å². The average molecular weight is 385 g/mol. The highest BCUT2D eigenvalue weighted by Gasteiger charge is 2.38. The number of amides is 1. The molecule has 5 nitrogen and oxygen atoms in total. The van der Waals surface area contributed by atoms with E-state index in [4.69, 9.17) is 10.7 Å². The van der Waals surface area contributed by atoms with Crippen molar-refractivity contribution in [3.8, 4) is 0 Å². The number of fused-ring (bicyclic) bond motifs is 1. The number of benzene rings is 3. The number of aryl methyl sites for hydroxylation is 1. The summed E-state index contributed by atoms with van der Waals surface area (Å²) in [7, 11) is 0. The van der Waals surface area contributed by atoms with Crippen molar-refractivity contribution in [2.24, 2.45) is 5.73 Å². The van der Waals surface area contributed by atoms with Crippen molar-refractivity contribution in [3.05, 3.63) is 101 Å². The van der Waals surface area contributed by atoms with E-state index in [-0.39, 0.29) is 12.3 Å². The van der Waals surface area contributed by atoms with E-state index < -0.39 is 5.60 Å². The van der Waals surface area contributed by atoms with E-state index in [2.05, 4.69) is 0 Å². The number of imidazole rings is 1. The van der Waals surface area contributed by atoms with Gasteiger partial charge in [-0.15, -0.1) is 0 Å². The van der Waals surface area contributed by atoms with E-state index in [1.54, 1.807) is 0 Å². The van der Waals surface area contributed by atoms with Crippen LogP contribution in [0.4, 0.5) is 0 Å². The van der Waals surface area contributed by atoms with Crippen LogP contribution in [-0.2, 0) is 23.4 Å². The Bertz CT molecular complexity index is 1110. The first-order chi connectivity index (χ1) is 14.0.